The Balaban J connectivity index is 1.87. The molecule has 2 rings (SSSR count). The standard InChI is InChI=1S/C12H19N3O/c1-16-9-11-3-5-15(8-11)7-10-2-4-14-12(13)6-10/h2,4,6,11H,3,5,7-9H2,1H3,(H2,13,14). The van der Waals surface area contributed by atoms with E-state index in [4.69, 9.17) is 10.5 Å². The van der Waals surface area contributed by atoms with Crippen LogP contribution < -0.4 is 5.73 Å². The van der Waals surface area contributed by atoms with Crippen LogP contribution in [0.2, 0.25) is 0 Å². The van der Waals surface area contributed by atoms with Crippen molar-refractivity contribution < 1.29 is 4.74 Å². The van der Waals surface area contributed by atoms with Crippen molar-refractivity contribution in [2.75, 3.05) is 32.5 Å². The molecule has 1 aliphatic rings. The molecule has 0 saturated carbocycles. The maximum Gasteiger partial charge on any atom is 0.123 e. The van der Waals surface area contributed by atoms with Crippen molar-refractivity contribution in [3.63, 3.8) is 0 Å². The fraction of sp³-hybridized carbons (Fsp3) is 0.583. The van der Waals surface area contributed by atoms with E-state index in [0.29, 0.717) is 11.7 Å². The lowest BCUT2D eigenvalue weighted by Crippen LogP contribution is -2.21. The van der Waals surface area contributed by atoms with Crippen molar-refractivity contribution in [1.29, 1.82) is 0 Å². The van der Waals surface area contributed by atoms with Crippen LogP contribution in [-0.4, -0.2) is 36.7 Å². The van der Waals surface area contributed by atoms with E-state index < -0.39 is 0 Å². The zero-order chi connectivity index (χ0) is 11.4. The van der Waals surface area contributed by atoms with Crippen LogP contribution in [0.3, 0.4) is 0 Å². The minimum Gasteiger partial charge on any atom is -0.384 e. The molecule has 1 unspecified atom stereocenters. The van der Waals surface area contributed by atoms with Crippen LogP contribution in [0.4, 0.5) is 5.82 Å². The fourth-order valence-electron chi connectivity index (χ4n) is 2.28. The number of likely N-dealkylation sites (tertiary alicyclic amines) is 1. The Kier molecular flexibility index (Phi) is 3.74. The van der Waals surface area contributed by atoms with Gasteiger partial charge in [-0.3, -0.25) is 4.90 Å². The molecular weight excluding hydrogens is 202 g/mol. The largest absolute Gasteiger partial charge is 0.384 e. The summed E-state index contributed by atoms with van der Waals surface area (Å²) in [6, 6.07) is 3.98. The predicted octanol–water partition coefficient (Wildman–Crippen LogP) is 1.13. The van der Waals surface area contributed by atoms with Gasteiger partial charge in [0.05, 0.1) is 6.61 Å². The first-order valence-corrected chi connectivity index (χ1v) is 5.69. The van der Waals surface area contributed by atoms with Gasteiger partial charge in [-0.25, -0.2) is 4.98 Å². The highest BCUT2D eigenvalue weighted by molar-refractivity contribution is 5.31. The average molecular weight is 221 g/mol. The Hall–Kier alpha value is -1.13. The number of hydrogen-bond donors (Lipinski definition) is 1. The Morgan fingerprint density at radius 3 is 3.25 bits per heavy atom. The topological polar surface area (TPSA) is 51.4 Å². The van der Waals surface area contributed by atoms with Crippen molar-refractivity contribution in [2.45, 2.75) is 13.0 Å². The van der Waals surface area contributed by atoms with E-state index in [-0.39, 0.29) is 0 Å². The van der Waals surface area contributed by atoms with Gasteiger partial charge in [-0.2, -0.15) is 0 Å². The number of rotatable bonds is 4. The molecule has 2 heterocycles. The van der Waals surface area contributed by atoms with Crippen LogP contribution in [0.15, 0.2) is 18.3 Å². The molecule has 1 aliphatic heterocycles. The first kappa shape index (κ1) is 11.4. The number of hydrogen-bond acceptors (Lipinski definition) is 4. The number of nitrogen functional groups attached to an aromatic ring is 1. The van der Waals surface area contributed by atoms with Gasteiger partial charge in [0.1, 0.15) is 5.82 Å². The molecule has 2 N–H and O–H groups in total. The lowest BCUT2D eigenvalue weighted by Gasteiger charge is -2.15. The summed E-state index contributed by atoms with van der Waals surface area (Å²) in [4.78, 5) is 6.44. The van der Waals surface area contributed by atoms with Crippen LogP contribution in [0.5, 0.6) is 0 Å². The van der Waals surface area contributed by atoms with Gasteiger partial charge in [-0.15, -0.1) is 0 Å². The van der Waals surface area contributed by atoms with E-state index in [2.05, 4.69) is 9.88 Å². The maximum absolute atomic E-state index is 5.66. The number of pyridine rings is 1. The quantitative estimate of drug-likeness (QED) is 0.828. The molecule has 0 amide bonds. The third-order valence-corrected chi connectivity index (χ3v) is 3.02. The first-order valence-electron chi connectivity index (χ1n) is 5.69. The normalized spacial score (nSPS) is 21.4. The van der Waals surface area contributed by atoms with E-state index in [9.17, 15) is 0 Å². The van der Waals surface area contributed by atoms with E-state index in [1.54, 1.807) is 13.3 Å². The second-order valence-corrected chi connectivity index (χ2v) is 4.43. The number of aromatic nitrogens is 1. The van der Waals surface area contributed by atoms with Gasteiger partial charge in [-0.05, 0) is 36.6 Å². The van der Waals surface area contributed by atoms with Gasteiger partial charge in [0.25, 0.3) is 0 Å². The van der Waals surface area contributed by atoms with Crippen LogP contribution >= 0.6 is 0 Å². The van der Waals surface area contributed by atoms with E-state index in [0.717, 1.165) is 26.2 Å². The molecule has 1 fully saturated rings. The summed E-state index contributed by atoms with van der Waals surface area (Å²) in [5.74, 6) is 1.29. The lowest BCUT2D eigenvalue weighted by molar-refractivity contribution is 0.152. The van der Waals surface area contributed by atoms with Gasteiger partial charge in [-0.1, -0.05) is 0 Å². The molecule has 0 radical (unpaired) electrons. The monoisotopic (exact) mass is 221 g/mol. The van der Waals surface area contributed by atoms with Crippen molar-refractivity contribution in [3.8, 4) is 0 Å². The summed E-state index contributed by atoms with van der Waals surface area (Å²) in [5, 5.41) is 0. The third kappa shape index (κ3) is 2.93. The van der Waals surface area contributed by atoms with Gasteiger partial charge in [0.2, 0.25) is 0 Å². The highest BCUT2D eigenvalue weighted by Crippen LogP contribution is 2.19. The van der Waals surface area contributed by atoms with Crippen LogP contribution in [0, 0.1) is 5.92 Å². The molecule has 0 spiro atoms. The minimum atomic E-state index is 0.602. The summed E-state index contributed by atoms with van der Waals surface area (Å²) in [6.07, 6.45) is 3.00. The smallest absolute Gasteiger partial charge is 0.123 e. The molecule has 16 heavy (non-hydrogen) atoms. The molecule has 0 aromatic carbocycles. The molecule has 1 aromatic rings. The van der Waals surface area contributed by atoms with Crippen molar-refractivity contribution in [3.05, 3.63) is 23.9 Å². The number of ether oxygens (including phenoxy) is 1. The summed E-state index contributed by atoms with van der Waals surface area (Å²) >= 11 is 0. The van der Waals surface area contributed by atoms with Gasteiger partial charge in [0, 0.05) is 26.4 Å². The van der Waals surface area contributed by atoms with Crippen LogP contribution in [0.1, 0.15) is 12.0 Å². The molecule has 1 saturated heterocycles. The predicted molar refractivity (Wildman–Crippen MR) is 63.9 cm³/mol. The Morgan fingerprint density at radius 2 is 2.50 bits per heavy atom. The zero-order valence-electron chi connectivity index (χ0n) is 9.72. The molecule has 0 bridgehead atoms. The van der Waals surface area contributed by atoms with E-state index >= 15 is 0 Å². The number of methoxy groups -OCH3 is 1. The zero-order valence-corrected chi connectivity index (χ0v) is 9.72. The van der Waals surface area contributed by atoms with Crippen LogP contribution in [0.25, 0.3) is 0 Å². The van der Waals surface area contributed by atoms with Crippen LogP contribution in [-0.2, 0) is 11.3 Å². The first-order chi connectivity index (χ1) is 7.78. The Morgan fingerprint density at radius 1 is 1.62 bits per heavy atom. The van der Waals surface area contributed by atoms with Gasteiger partial charge < -0.3 is 10.5 Å². The van der Waals surface area contributed by atoms with Crippen molar-refractivity contribution in [2.24, 2.45) is 5.92 Å². The number of nitrogens with two attached hydrogens (primary N) is 1. The number of nitrogens with zero attached hydrogens (tertiary/aromatic N) is 2. The van der Waals surface area contributed by atoms with Crippen molar-refractivity contribution >= 4 is 5.82 Å². The second-order valence-electron chi connectivity index (χ2n) is 4.43. The molecule has 0 aliphatic carbocycles. The average Bonchev–Trinajstić information content (AvgIpc) is 2.66. The minimum absolute atomic E-state index is 0.602. The highest BCUT2D eigenvalue weighted by Gasteiger charge is 2.22. The second kappa shape index (κ2) is 5.27. The van der Waals surface area contributed by atoms with Crippen molar-refractivity contribution in [1.82, 2.24) is 9.88 Å². The summed E-state index contributed by atoms with van der Waals surface area (Å²) < 4.78 is 5.19. The summed E-state index contributed by atoms with van der Waals surface area (Å²) in [5.41, 5.74) is 6.90. The lowest BCUT2D eigenvalue weighted by atomic mass is 10.1. The maximum atomic E-state index is 5.66. The highest BCUT2D eigenvalue weighted by atomic mass is 16.5. The van der Waals surface area contributed by atoms with Gasteiger partial charge in [0.15, 0.2) is 0 Å². The summed E-state index contributed by atoms with van der Waals surface area (Å²) in [6.45, 7) is 4.11. The van der Waals surface area contributed by atoms with Gasteiger partial charge >= 0.3 is 0 Å². The van der Waals surface area contributed by atoms with E-state index in [1.807, 2.05) is 12.1 Å². The molecule has 4 heteroatoms. The fourth-order valence-corrected chi connectivity index (χ4v) is 2.28. The molecule has 4 nitrogen and oxygen atoms in total. The molecule has 1 atom stereocenters. The molecule has 1 aromatic heterocycles. The third-order valence-electron chi connectivity index (χ3n) is 3.02. The van der Waals surface area contributed by atoms with E-state index in [1.165, 1.54) is 12.0 Å². The Bertz CT molecular complexity index is 343. The number of anilines is 1. The SMILES string of the molecule is COCC1CCN(Cc2ccnc(N)c2)C1. The summed E-state index contributed by atoms with van der Waals surface area (Å²) in [7, 11) is 1.77. The molecular formula is C12H19N3O. The Labute approximate surface area is 96.4 Å². The molecule has 88 valence electrons.